The van der Waals surface area contributed by atoms with Crippen LogP contribution in [-0.2, 0) is 0 Å². The lowest BCUT2D eigenvalue weighted by Gasteiger charge is -1.98. The zero-order valence-electron chi connectivity index (χ0n) is 6.63. The Morgan fingerprint density at radius 3 is 3.17 bits per heavy atom. The predicted octanol–water partition coefficient (Wildman–Crippen LogP) is 1.93. The summed E-state index contributed by atoms with van der Waals surface area (Å²) in [7, 11) is 0. The molecule has 1 heterocycles. The summed E-state index contributed by atoms with van der Waals surface area (Å²) < 4.78 is 0. The first-order valence-corrected chi connectivity index (χ1v) is 4.98. The molecule has 0 spiro atoms. The van der Waals surface area contributed by atoms with Gasteiger partial charge in [-0.05, 0) is 12.2 Å². The highest BCUT2D eigenvalue weighted by atomic mass is 35.5. The molecule has 66 valence electrons. The second kappa shape index (κ2) is 4.52. The zero-order valence-corrected chi connectivity index (χ0v) is 8.21. The van der Waals surface area contributed by atoms with Crippen molar-refractivity contribution in [1.29, 1.82) is 0 Å². The summed E-state index contributed by atoms with van der Waals surface area (Å²) in [6, 6.07) is 0. The largest absolute Gasteiger partial charge is 0.312 e. The van der Waals surface area contributed by atoms with Crippen molar-refractivity contribution in [2.75, 3.05) is 5.75 Å². The Labute approximate surface area is 79.6 Å². The number of halogens is 1. The molecule has 3 nitrogen and oxygen atoms in total. The summed E-state index contributed by atoms with van der Waals surface area (Å²) in [6.07, 6.45) is 2.40. The van der Waals surface area contributed by atoms with E-state index in [0.29, 0.717) is 5.03 Å². The van der Waals surface area contributed by atoms with Crippen molar-refractivity contribution in [3.05, 3.63) is 21.7 Å². The molecule has 0 aliphatic heterocycles. The number of aromatic nitrogens is 2. The van der Waals surface area contributed by atoms with E-state index in [1.54, 1.807) is 0 Å². The van der Waals surface area contributed by atoms with Crippen LogP contribution in [0.15, 0.2) is 16.1 Å². The standard InChI is InChI=1S/C7H9ClN2OS/c1-2-3-12-7-5(8)6(11)9-4-10-7/h4H,2-3H2,1H3,(H,9,10,11). The van der Waals surface area contributed by atoms with Crippen LogP contribution in [0.25, 0.3) is 0 Å². The number of hydrogen-bond acceptors (Lipinski definition) is 3. The third-order valence-electron chi connectivity index (χ3n) is 1.21. The molecule has 0 amide bonds. The van der Waals surface area contributed by atoms with Gasteiger partial charge in [0.2, 0.25) is 0 Å². The number of aromatic amines is 1. The maximum atomic E-state index is 11.0. The maximum absolute atomic E-state index is 11.0. The first-order valence-electron chi connectivity index (χ1n) is 3.61. The van der Waals surface area contributed by atoms with Crippen LogP contribution >= 0.6 is 23.4 Å². The van der Waals surface area contributed by atoms with Crippen LogP contribution in [0.5, 0.6) is 0 Å². The summed E-state index contributed by atoms with van der Waals surface area (Å²) in [5.41, 5.74) is -0.273. The average molecular weight is 205 g/mol. The van der Waals surface area contributed by atoms with Gasteiger partial charge in [0, 0.05) is 0 Å². The highest BCUT2D eigenvalue weighted by Crippen LogP contribution is 2.20. The zero-order chi connectivity index (χ0) is 8.97. The lowest BCUT2D eigenvalue weighted by molar-refractivity contribution is 1.01. The van der Waals surface area contributed by atoms with Gasteiger partial charge in [-0.25, -0.2) is 4.98 Å². The molecule has 0 saturated heterocycles. The molecule has 1 rings (SSSR count). The minimum Gasteiger partial charge on any atom is -0.312 e. The number of nitrogens with zero attached hydrogens (tertiary/aromatic N) is 1. The molecular formula is C7H9ClN2OS. The van der Waals surface area contributed by atoms with Crippen LogP contribution in [0.2, 0.25) is 5.02 Å². The number of H-pyrrole nitrogens is 1. The van der Waals surface area contributed by atoms with Crippen LogP contribution in [0, 0.1) is 0 Å². The SMILES string of the molecule is CCCSc1nc[nH]c(=O)c1Cl. The molecule has 0 saturated carbocycles. The van der Waals surface area contributed by atoms with Gasteiger partial charge in [0.05, 0.1) is 6.33 Å². The lowest BCUT2D eigenvalue weighted by atomic mass is 10.6. The fourth-order valence-electron chi connectivity index (χ4n) is 0.666. The number of thioether (sulfide) groups is 1. The Hall–Kier alpha value is -0.480. The van der Waals surface area contributed by atoms with Crippen molar-refractivity contribution in [2.45, 2.75) is 18.4 Å². The molecule has 0 bridgehead atoms. The van der Waals surface area contributed by atoms with Gasteiger partial charge in [0.25, 0.3) is 5.56 Å². The topological polar surface area (TPSA) is 45.8 Å². The van der Waals surface area contributed by atoms with Crippen LogP contribution in [0.3, 0.4) is 0 Å². The molecule has 0 atom stereocenters. The fraction of sp³-hybridized carbons (Fsp3) is 0.429. The number of hydrogen-bond donors (Lipinski definition) is 1. The highest BCUT2D eigenvalue weighted by Gasteiger charge is 2.04. The molecule has 0 fully saturated rings. The van der Waals surface area contributed by atoms with Gasteiger partial charge in [-0.15, -0.1) is 11.8 Å². The van der Waals surface area contributed by atoms with Crippen molar-refractivity contribution in [1.82, 2.24) is 9.97 Å². The highest BCUT2D eigenvalue weighted by molar-refractivity contribution is 7.99. The summed E-state index contributed by atoms with van der Waals surface area (Å²) in [6.45, 7) is 2.06. The molecule has 12 heavy (non-hydrogen) atoms. The maximum Gasteiger partial charge on any atom is 0.270 e. The third kappa shape index (κ3) is 2.25. The van der Waals surface area contributed by atoms with Gasteiger partial charge in [-0.1, -0.05) is 18.5 Å². The first-order chi connectivity index (χ1) is 5.75. The van der Waals surface area contributed by atoms with Crippen molar-refractivity contribution >= 4 is 23.4 Å². The van der Waals surface area contributed by atoms with E-state index in [0.717, 1.165) is 12.2 Å². The van der Waals surface area contributed by atoms with Gasteiger partial charge >= 0.3 is 0 Å². The number of rotatable bonds is 3. The quantitative estimate of drug-likeness (QED) is 0.605. The molecule has 1 aromatic heterocycles. The van der Waals surface area contributed by atoms with Crippen LogP contribution in [0.1, 0.15) is 13.3 Å². The summed E-state index contributed by atoms with van der Waals surface area (Å²) in [5, 5.41) is 0.804. The number of nitrogens with one attached hydrogen (secondary N) is 1. The monoisotopic (exact) mass is 204 g/mol. The second-order valence-corrected chi connectivity index (χ2v) is 3.66. The molecule has 1 aromatic rings. The fourth-order valence-corrected chi connectivity index (χ4v) is 1.68. The van der Waals surface area contributed by atoms with E-state index < -0.39 is 0 Å². The van der Waals surface area contributed by atoms with E-state index in [1.807, 2.05) is 0 Å². The van der Waals surface area contributed by atoms with Crippen molar-refractivity contribution in [2.24, 2.45) is 0 Å². The van der Waals surface area contributed by atoms with Gasteiger partial charge in [0.15, 0.2) is 0 Å². The minimum absolute atomic E-state index is 0.191. The van der Waals surface area contributed by atoms with Crippen molar-refractivity contribution in [3.8, 4) is 0 Å². The lowest BCUT2D eigenvalue weighted by Crippen LogP contribution is -2.07. The van der Waals surface area contributed by atoms with E-state index in [1.165, 1.54) is 18.1 Å². The normalized spacial score (nSPS) is 10.2. The molecule has 0 aliphatic rings. The predicted molar refractivity (Wildman–Crippen MR) is 50.9 cm³/mol. The Balaban J connectivity index is 2.85. The minimum atomic E-state index is -0.273. The van der Waals surface area contributed by atoms with Crippen LogP contribution < -0.4 is 5.56 Å². The van der Waals surface area contributed by atoms with E-state index in [4.69, 9.17) is 11.6 Å². The van der Waals surface area contributed by atoms with Crippen molar-refractivity contribution in [3.63, 3.8) is 0 Å². The van der Waals surface area contributed by atoms with E-state index in [-0.39, 0.29) is 10.6 Å². The molecule has 0 unspecified atom stereocenters. The molecule has 0 aromatic carbocycles. The van der Waals surface area contributed by atoms with Crippen LogP contribution in [-0.4, -0.2) is 15.7 Å². The molecule has 0 radical (unpaired) electrons. The second-order valence-electron chi connectivity index (χ2n) is 2.20. The van der Waals surface area contributed by atoms with Gasteiger partial charge in [0.1, 0.15) is 10.0 Å². The summed E-state index contributed by atoms with van der Waals surface area (Å²) in [5.74, 6) is 0.927. The first kappa shape index (κ1) is 9.61. The Morgan fingerprint density at radius 1 is 1.75 bits per heavy atom. The molecule has 5 heteroatoms. The van der Waals surface area contributed by atoms with Crippen LogP contribution in [0.4, 0.5) is 0 Å². The molecule has 0 aliphatic carbocycles. The summed E-state index contributed by atoms with van der Waals surface area (Å²) >= 11 is 7.20. The van der Waals surface area contributed by atoms with Gasteiger partial charge in [-0.2, -0.15) is 0 Å². The Bertz CT molecular complexity index is 313. The Kier molecular flexibility index (Phi) is 3.62. The van der Waals surface area contributed by atoms with Gasteiger partial charge in [-0.3, -0.25) is 4.79 Å². The van der Waals surface area contributed by atoms with Crippen molar-refractivity contribution < 1.29 is 0 Å². The van der Waals surface area contributed by atoms with Gasteiger partial charge < -0.3 is 4.98 Å². The smallest absolute Gasteiger partial charge is 0.270 e. The van der Waals surface area contributed by atoms with E-state index >= 15 is 0 Å². The molecular weight excluding hydrogens is 196 g/mol. The Morgan fingerprint density at radius 2 is 2.50 bits per heavy atom. The van der Waals surface area contributed by atoms with E-state index in [2.05, 4.69) is 16.9 Å². The average Bonchev–Trinajstić information content (AvgIpc) is 2.08. The molecule has 1 N–H and O–H groups in total. The van der Waals surface area contributed by atoms with E-state index in [9.17, 15) is 4.79 Å². The summed E-state index contributed by atoms with van der Waals surface area (Å²) in [4.78, 5) is 17.3. The third-order valence-corrected chi connectivity index (χ3v) is 2.87.